The first-order valence-corrected chi connectivity index (χ1v) is 18.9. The second-order valence-electron chi connectivity index (χ2n) is 15.5. The highest BCUT2D eigenvalue weighted by atomic mass is 35.5. The molecule has 0 radical (unpaired) electrons. The average Bonchev–Trinajstić information content (AvgIpc) is 3.09. The fourth-order valence-corrected chi connectivity index (χ4v) is 9.20. The number of nitrogens with one attached hydrogen (secondary N) is 1. The van der Waals surface area contributed by atoms with Gasteiger partial charge >= 0.3 is 0 Å². The average molecular weight is 722 g/mol. The van der Waals surface area contributed by atoms with Crippen molar-refractivity contribution < 1.29 is 4.79 Å². The molecular weight excluding hydrogens is 671 g/mol. The largest absolute Gasteiger partial charge is 0.340 e. The first-order chi connectivity index (χ1) is 23.9. The summed E-state index contributed by atoms with van der Waals surface area (Å²) < 4.78 is 1.76. The summed E-state index contributed by atoms with van der Waals surface area (Å²) in [6.07, 6.45) is 3.00. The van der Waals surface area contributed by atoms with Gasteiger partial charge in [-0.3, -0.25) is 14.2 Å². The number of aliphatic imine (C=N–C) groups is 1. The Balaban J connectivity index is 1.21. The SMILES string of the molecule is CC(=O)N1CCN(c2nc3cc(N/C(=N/C4C[C@@H]5C[C@H]([C@@H]4C)C5(C)C)N4CCN(C)CC4)ccc3c(=O)n2CCc2ccc(Cl)cc2Cl)CC1. The van der Waals surface area contributed by atoms with Crippen molar-refractivity contribution in [1.82, 2.24) is 24.3 Å². The molecule has 1 aromatic heterocycles. The highest BCUT2D eigenvalue weighted by Crippen LogP contribution is 2.61. The van der Waals surface area contributed by atoms with Crippen LogP contribution in [0.1, 0.15) is 46.1 Å². The number of rotatable bonds is 6. The molecule has 3 heterocycles. The molecule has 4 atom stereocenters. The van der Waals surface area contributed by atoms with Crippen molar-refractivity contribution in [2.24, 2.45) is 28.2 Å². The number of aryl methyl sites for hydroxylation is 1. The number of anilines is 2. The fraction of sp³-hybridized carbons (Fsp3) is 0.579. The number of amides is 1. The number of carbonyl (C=O) groups excluding carboxylic acids is 1. The number of piperazine rings is 2. The Morgan fingerprint density at radius 2 is 1.70 bits per heavy atom. The zero-order valence-electron chi connectivity index (χ0n) is 30.0. The van der Waals surface area contributed by atoms with E-state index in [2.05, 4.69) is 47.8 Å². The molecule has 2 bridgehead atoms. The number of fused-ring (bicyclic) bond motifs is 3. The van der Waals surface area contributed by atoms with Crippen LogP contribution >= 0.6 is 23.2 Å². The first kappa shape index (κ1) is 35.1. The molecule has 1 unspecified atom stereocenters. The van der Waals surface area contributed by atoms with Crippen molar-refractivity contribution in [3.05, 3.63) is 62.4 Å². The van der Waals surface area contributed by atoms with Gasteiger partial charge in [0, 0.05) is 81.6 Å². The van der Waals surface area contributed by atoms with Gasteiger partial charge in [0.1, 0.15) is 0 Å². The van der Waals surface area contributed by atoms with Crippen molar-refractivity contribution in [1.29, 1.82) is 0 Å². The van der Waals surface area contributed by atoms with Crippen LogP contribution in [-0.4, -0.2) is 102 Å². The summed E-state index contributed by atoms with van der Waals surface area (Å²) in [6.45, 7) is 15.4. The van der Waals surface area contributed by atoms with Gasteiger partial charge < -0.3 is 24.9 Å². The third-order valence-electron chi connectivity index (χ3n) is 12.2. The number of nitrogens with zero attached hydrogens (tertiary/aromatic N) is 7. The second-order valence-corrected chi connectivity index (χ2v) is 16.3. The van der Waals surface area contributed by atoms with Crippen LogP contribution in [-0.2, 0) is 17.8 Å². The van der Waals surface area contributed by atoms with Crippen molar-refractivity contribution in [3.8, 4) is 0 Å². The van der Waals surface area contributed by atoms with E-state index in [4.69, 9.17) is 33.2 Å². The topological polar surface area (TPSA) is 89.3 Å². The maximum atomic E-state index is 14.2. The van der Waals surface area contributed by atoms with Gasteiger partial charge in [-0.25, -0.2) is 9.98 Å². The maximum Gasteiger partial charge on any atom is 0.262 e. The normalized spacial score (nSPS) is 25.5. The Hall–Kier alpha value is -3.34. The van der Waals surface area contributed by atoms with E-state index in [0.717, 1.165) is 55.7 Å². The van der Waals surface area contributed by atoms with Crippen LogP contribution in [0.3, 0.4) is 0 Å². The van der Waals surface area contributed by atoms with E-state index in [1.54, 1.807) is 17.6 Å². The zero-order valence-corrected chi connectivity index (χ0v) is 31.5. The number of guanidine groups is 1. The summed E-state index contributed by atoms with van der Waals surface area (Å²) in [6, 6.07) is 11.6. The van der Waals surface area contributed by atoms with E-state index in [1.165, 1.54) is 6.42 Å². The lowest BCUT2D eigenvalue weighted by atomic mass is 9.45. The monoisotopic (exact) mass is 720 g/mol. The molecule has 5 aliphatic rings. The van der Waals surface area contributed by atoms with E-state index in [9.17, 15) is 9.59 Å². The third-order valence-corrected chi connectivity index (χ3v) is 12.8. The number of halogens is 2. The van der Waals surface area contributed by atoms with Crippen molar-refractivity contribution >= 4 is 57.6 Å². The van der Waals surface area contributed by atoms with Crippen LogP contribution in [0.2, 0.25) is 10.0 Å². The molecule has 8 rings (SSSR count). The standard InChI is InChI=1S/C38H50Cl2N8O2/c1-24-31-20-27(38(31,3)4)21-33(24)42-36(46-14-12-44(5)13-15-46)41-29-8-9-30-34(23-29)43-37(47-18-16-45(17-19-47)25(2)49)48(35(30)50)11-10-26-6-7-28(39)22-32(26)40/h6-9,22-24,27,31,33H,10-21H2,1-5H3,(H,41,42)/t24-,27-,31+,33?/m0/s1. The van der Waals surface area contributed by atoms with Gasteiger partial charge in [0.05, 0.1) is 16.9 Å². The molecule has 10 nitrogen and oxygen atoms in total. The quantitative estimate of drug-likeness (QED) is 0.258. The molecular formula is C38H50Cl2N8O2. The molecule has 50 heavy (non-hydrogen) atoms. The van der Waals surface area contributed by atoms with Gasteiger partial charge in [0.2, 0.25) is 11.9 Å². The van der Waals surface area contributed by atoms with Gasteiger partial charge in [0.15, 0.2) is 5.96 Å². The Labute approximate surface area is 305 Å². The van der Waals surface area contributed by atoms with Crippen LogP contribution in [0.25, 0.3) is 10.9 Å². The van der Waals surface area contributed by atoms with Crippen molar-refractivity contribution in [2.75, 3.05) is 69.6 Å². The summed E-state index contributed by atoms with van der Waals surface area (Å²) in [4.78, 5) is 45.7. The Morgan fingerprint density at radius 1 is 0.980 bits per heavy atom. The highest BCUT2D eigenvalue weighted by molar-refractivity contribution is 6.35. The molecule has 3 aromatic rings. The number of hydrogen-bond acceptors (Lipinski definition) is 6. The molecule has 2 aromatic carbocycles. The summed E-state index contributed by atoms with van der Waals surface area (Å²) in [5, 5.41) is 5.42. The van der Waals surface area contributed by atoms with E-state index in [0.29, 0.717) is 83.3 Å². The lowest BCUT2D eigenvalue weighted by molar-refractivity contribution is -0.129. The minimum Gasteiger partial charge on any atom is -0.340 e. The summed E-state index contributed by atoms with van der Waals surface area (Å²) in [5.74, 6) is 3.56. The predicted octanol–water partition coefficient (Wildman–Crippen LogP) is 5.70. The zero-order chi connectivity index (χ0) is 35.3. The Kier molecular flexibility index (Phi) is 9.82. The molecule has 12 heteroatoms. The molecule has 3 saturated carbocycles. The van der Waals surface area contributed by atoms with E-state index < -0.39 is 0 Å². The minimum atomic E-state index is -0.0959. The highest BCUT2D eigenvalue weighted by Gasteiger charge is 2.56. The number of likely N-dealkylation sites (N-methyl/N-ethyl adjacent to an activating group) is 1. The van der Waals surface area contributed by atoms with E-state index >= 15 is 0 Å². The van der Waals surface area contributed by atoms with Gasteiger partial charge in [-0.1, -0.05) is 50.0 Å². The van der Waals surface area contributed by atoms with Gasteiger partial charge in [0.25, 0.3) is 5.56 Å². The third kappa shape index (κ3) is 6.83. The number of carbonyl (C=O) groups is 1. The molecule has 1 amide bonds. The molecule has 5 fully saturated rings. The molecule has 268 valence electrons. The van der Waals surface area contributed by atoms with Crippen LogP contribution in [0.15, 0.2) is 46.2 Å². The summed E-state index contributed by atoms with van der Waals surface area (Å²) in [7, 11) is 2.17. The lowest BCUT2D eigenvalue weighted by Crippen LogP contribution is -2.57. The number of aromatic nitrogens is 2. The summed E-state index contributed by atoms with van der Waals surface area (Å²) in [5.41, 5.74) is 2.73. The van der Waals surface area contributed by atoms with Crippen LogP contribution in [0.4, 0.5) is 11.6 Å². The van der Waals surface area contributed by atoms with Crippen LogP contribution in [0.5, 0.6) is 0 Å². The minimum absolute atomic E-state index is 0.0581. The lowest BCUT2D eigenvalue weighted by Gasteiger charge is -2.61. The Bertz CT molecular complexity index is 1840. The van der Waals surface area contributed by atoms with Gasteiger partial charge in [-0.05, 0) is 85.4 Å². The maximum absolute atomic E-state index is 14.2. The molecule has 3 aliphatic carbocycles. The molecule has 1 N–H and O–H groups in total. The first-order valence-electron chi connectivity index (χ1n) is 18.2. The van der Waals surface area contributed by atoms with Crippen LogP contribution in [0, 0.1) is 23.2 Å². The van der Waals surface area contributed by atoms with Crippen LogP contribution < -0.4 is 15.8 Å². The van der Waals surface area contributed by atoms with Gasteiger partial charge in [-0.2, -0.15) is 0 Å². The smallest absolute Gasteiger partial charge is 0.262 e. The summed E-state index contributed by atoms with van der Waals surface area (Å²) >= 11 is 12.7. The molecule has 2 saturated heterocycles. The predicted molar refractivity (Wildman–Crippen MR) is 204 cm³/mol. The van der Waals surface area contributed by atoms with Crippen molar-refractivity contribution in [3.63, 3.8) is 0 Å². The van der Waals surface area contributed by atoms with E-state index in [1.807, 2.05) is 35.2 Å². The fourth-order valence-electron chi connectivity index (χ4n) is 8.70. The van der Waals surface area contributed by atoms with Crippen molar-refractivity contribution in [2.45, 2.75) is 59.5 Å². The second kappa shape index (κ2) is 14.0. The number of hydrogen-bond donors (Lipinski definition) is 1. The number of benzene rings is 2. The molecule has 0 spiro atoms. The molecule has 2 aliphatic heterocycles. The van der Waals surface area contributed by atoms with Gasteiger partial charge in [-0.15, -0.1) is 0 Å². The van der Waals surface area contributed by atoms with E-state index in [-0.39, 0.29) is 17.5 Å². The Morgan fingerprint density at radius 3 is 2.36 bits per heavy atom.